The molecule has 0 fully saturated rings. The molecule has 1 aliphatic rings. The topological polar surface area (TPSA) is 88.0 Å². The molecule has 0 spiro atoms. The molecule has 0 aliphatic carbocycles. The molecule has 3 heterocycles. The number of rotatable bonds is 9. The van der Waals surface area contributed by atoms with Crippen molar-refractivity contribution in [2.24, 2.45) is 5.92 Å². The fourth-order valence-electron chi connectivity index (χ4n) is 4.98. The Morgan fingerprint density at radius 3 is 2.51 bits per heavy atom. The van der Waals surface area contributed by atoms with Crippen molar-refractivity contribution in [2.45, 2.75) is 32.5 Å². The SMILES string of the molecule is C[C@H]1CN([C@@H](C)CO)C(=O)c2cc(-c3cccnc3)cnc2O[C@H]1CN(C)Cc1ccc(Oc2ccccc2)cc1. The smallest absolute Gasteiger partial charge is 0.259 e. The highest BCUT2D eigenvalue weighted by Crippen LogP contribution is 2.30. The van der Waals surface area contributed by atoms with E-state index >= 15 is 0 Å². The van der Waals surface area contributed by atoms with Gasteiger partial charge in [-0.25, -0.2) is 4.98 Å². The van der Waals surface area contributed by atoms with Gasteiger partial charge in [0, 0.05) is 55.3 Å². The number of benzene rings is 2. The van der Waals surface area contributed by atoms with Gasteiger partial charge in [-0.1, -0.05) is 43.3 Å². The second-order valence-corrected chi connectivity index (χ2v) is 10.7. The Morgan fingerprint density at radius 1 is 1.05 bits per heavy atom. The molecule has 5 rings (SSSR count). The maximum absolute atomic E-state index is 13.7. The van der Waals surface area contributed by atoms with Crippen molar-refractivity contribution in [2.75, 3.05) is 26.7 Å². The van der Waals surface area contributed by atoms with Crippen LogP contribution in [-0.4, -0.2) is 69.7 Å². The quantitative estimate of drug-likeness (QED) is 0.302. The van der Waals surface area contributed by atoms with Crippen molar-refractivity contribution in [3.63, 3.8) is 0 Å². The maximum atomic E-state index is 13.7. The predicted molar refractivity (Wildman–Crippen MR) is 158 cm³/mol. The molecule has 0 bridgehead atoms. The molecule has 0 saturated carbocycles. The minimum Gasteiger partial charge on any atom is -0.472 e. The van der Waals surface area contributed by atoms with Crippen LogP contribution < -0.4 is 9.47 Å². The Labute approximate surface area is 241 Å². The fourth-order valence-corrected chi connectivity index (χ4v) is 4.98. The molecular weight excluding hydrogens is 516 g/mol. The van der Waals surface area contributed by atoms with Crippen molar-refractivity contribution in [1.82, 2.24) is 19.8 Å². The van der Waals surface area contributed by atoms with Gasteiger partial charge >= 0.3 is 0 Å². The van der Waals surface area contributed by atoms with Crippen LogP contribution in [0.25, 0.3) is 11.1 Å². The van der Waals surface area contributed by atoms with Gasteiger partial charge in [-0.15, -0.1) is 0 Å². The molecule has 0 radical (unpaired) electrons. The highest BCUT2D eigenvalue weighted by Gasteiger charge is 2.34. The number of aliphatic hydroxyl groups excluding tert-OH is 1. The Bertz CT molecular complexity index is 1430. The summed E-state index contributed by atoms with van der Waals surface area (Å²) < 4.78 is 12.4. The zero-order valence-corrected chi connectivity index (χ0v) is 23.7. The van der Waals surface area contributed by atoms with E-state index in [4.69, 9.17) is 9.47 Å². The van der Waals surface area contributed by atoms with E-state index in [1.807, 2.05) is 67.6 Å². The molecule has 0 saturated heterocycles. The third-order valence-electron chi connectivity index (χ3n) is 7.36. The van der Waals surface area contributed by atoms with Crippen molar-refractivity contribution in [3.8, 4) is 28.5 Å². The normalized spacial score (nSPS) is 17.8. The van der Waals surface area contributed by atoms with Crippen LogP contribution in [0.3, 0.4) is 0 Å². The number of carbonyl (C=O) groups excluding carboxylic acids is 1. The second-order valence-electron chi connectivity index (χ2n) is 10.7. The molecule has 1 amide bonds. The molecule has 4 aromatic rings. The van der Waals surface area contributed by atoms with E-state index in [1.54, 1.807) is 23.5 Å². The van der Waals surface area contributed by atoms with Crippen LogP contribution in [0.1, 0.15) is 29.8 Å². The first-order chi connectivity index (χ1) is 19.9. The van der Waals surface area contributed by atoms with Gasteiger partial charge in [0.15, 0.2) is 0 Å². The Hall–Kier alpha value is -4.27. The van der Waals surface area contributed by atoms with Crippen LogP contribution in [0.4, 0.5) is 0 Å². The summed E-state index contributed by atoms with van der Waals surface area (Å²) in [7, 11) is 2.06. The van der Waals surface area contributed by atoms with E-state index in [-0.39, 0.29) is 30.6 Å². The van der Waals surface area contributed by atoms with Crippen LogP contribution in [-0.2, 0) is 6.54 Å². The Balaban J connectivity index is 1.33. The second kappa shape index (κ2) is 12.9. The first kappa shape index (κ1) is 28.3. The number of para-hydroxylation sites is 1. The summed E-state index contributed by atoms with van der Waals surface area (Å²) in [5, 5.41) is 9.95. The van der Waals surface area contributed by atoms with Crippen LogP contribution in [0, 0.1) is 5.92 Å². The molecule has 2 aromatic carbocycles. The third kappa shape index (κ3) is 6.90. The van der Waals surface area contributed by atoms with E-state index < -0.39 is 0 Å². The summed E-state index contributed by atoms with van der Waals surface area (Å²) in [6.45, 7) is 5.61. The first-order valence-corrected chi connectivity index (χ1v) is 13.9. The number of hydrogen-bond donors (Lipinski definition) is 1. The lowest BCUT2D eigenvalue weighted by Crippen LogP contribution is -2.49. The molecule has 3 atom stereocenters. The molecule has 8 heteroatoms. The van der Waals surface area contributed by atoms with E-state index in [1.165, 1.54) is 0 Å². The number of nitrogens with zero attached hydrogens (tertiary/aromatic N) is 4. The lowest BCUT2D eigenvalue weighted by atomic mass is 9.99. The molecule has 8 nitrogen and oxygen atoms in total. The Morgan fingerprint density at radius 2 is 1.80 bits per heavy atom. The van der Waals surface area contributed by atoms with Crippen molar-refractivity contribution < 1.29 is 19.4 Å². The monoisotopic (exact) mass is 552 g/mol. The third-order valence-corrected chi connectivity index (χ3v) is 7.36. The average Bonchev–Trinajstić information content (AvgIpc) is 3.00. The fraction of sp³-hybridized carbons (Fsp3) is 0.303. The number of hydrogen-bond acceptors (Lipinski definition) is 7. The molecule has 1 N–H and O–H groups in total. The number of pyridine rings is 2. The highest BCUT2D eigenvalue weighted by molar-refractivity contribution is 5.98. The van der Waals surface area contributed by atoms with Crippen molar-refractivity contribution in [1.29, 1.82) is 0 Å². The molecule has 2 aromatic heterocycles. The summed E-state index contributed by atoms with van der Waals surface area (Å²) in [5.74, 6) is 1.71. The average molecular weight is 553 g/mol. The summed E-state index contributed by atoms with van der Waals surface area (Å²) in [4.78, 5) is 26.4. The van der Waals surface area contributed by atoms with Gasteiger partial charge in [-0.3, -0.25) is 14.7 Å². The first-order valence-electron chi connectivity index (χ1n) is 13.9. The molecular formula is C33H36N4O4. The summed E-state index contributed by atoms with van der Waals surface area (Å²) in [6.07, 6.45) is 4.94. The number of likely N-dealkylation sites (N-methyl/N-ethyl adjacent to an activating group) is 1. The van der Waals surface area contributed by atoms with E-state index in [0.29, 0.717) is 31.1 Å². The number of fused-ring (bicyclic) bond motifs is 1. The van der Waals surface area contributed by atoms with E-state index in [2.05, 4.69) is 41.0 Å². The van der Waals surface area contributed by atoms with Gasteiger partial charge in [0.25, 0.3) is 5.91 Å². The molecule has 41 heavy (non-hydrogen) atoms. The molecule has 1 aliphatic heterocycles. The lowest BCUT2D eigenvalue weighted by molar-refractivity contribution is 0.0325. The minimum atomic E-state index is -0.340. The minimum absolute atomic E-state index is 0.00463. The predicted octanol–water partition coefficient (Wildman–Crippen LogP) is 5.29. The van der Waals surface area contributed by atoms with E-state index in [9.17, 15) is 9.90 Å². The maximum Gasteiger partial charge on any atom is 0.259 e. The van der Waals surface area contributed by atoms with Gasteiger partial charge in [-0.2, -0.15) is 0 Å². The van der Waals surface area contributed by atoms with Crippen LogP contribution in [0.2, 0.25) is 0 Å². The largest absolute Gasteiger partial charge is 0.472 e. The zero-order chi connectivity index (χ0) is 28.8. The van der Waals surface area contributed by atoms with Crippen LogP contribution in [0.5, 0.6) is 17.4 Å². The molecule has 212 valence electrons. The van der Waals surface area contributed by atoms with Gasteiger partial charge in [0.05, 0.1) is 12.6 Å². The standard InChI is InChI=1S/C33H36N4O4/c1-23-19-37(24(2)22-38)33(39)30-16-27(26-8-7-15-34-17-26)18-35-32(30)41-31(23)21-36(3)20-25-11-13-29(14-12-25)40-28-9-5-4-6-10-28/h4-18,23-24,31,38H,19-22H2,1-3H3/t23-,24-,31-/m0/s1. The summed E-state index contributed by atoms with van der Waals surface area (Å²) >= 11 is 0. The summed E-state index contributed by atoms with van der Waals surface area (Å²) in [6, 6.07) is 23.1. The lowest BCUT2D eigenvalue weighted by Gasteiger charge is -2.37. The zero-order valence-electron chi connectivity index (χ0n) is 23.7. The summed E-state index contributed by atoms with van der Waals surface area (Å²) in [5.41, 5.74) is 3.19. The van der Waals surface area contributed by atoms with Gasteiger partial charge < -0.3 is 19.5 Å². The van der Waals surface area contributed by atoms with Crippen LogP contribution in [0.15, 0.2) is 91.4 Å². The number of carbonyl (C=O) groups is 1. The number of aliphatic hydroxyl groups is 1. The number of aromatic nitrogens is 2. The van der Waals surface area contributed by atoms with Crippen molar-refractivity contribution in [3.05, 3.63) is 103 Å². The van der Waals surface area contributed by atoms with E-state index in [0.717, 1.165) is 28.2 Å². The number of ether oxygens (including phenoxy) is 2. The number of amides is 1. The van der Waals surface area contributed by atoms with Gasteiger partial charge in [-0.05, 0) is 55.9 Å². The Kier molecular flexibility index (Phi) is 8.91. The highest BCUT2D eigenvalue weighted by atomic mass is 16.5. The van der Waals surface area contributed by atoms with Gasteiger partial charge in [0.2, 0.25) is 5.88 Å². The molecule has 0 unspecified atom stereocenters. The van der Waals surface area contributed by atoms with Gasteiger partial charge in [0.1, 0.15) is 23.2 Å². The van der Waals surface area contributed by atoms with Crippen LogP contribution >= 0.6 is 0 Å². The van der Waals surface area contributed by atoms with Crippen molar-refractivity contribution >= 4 is 5.91 Å².